The Labute approximate surface area is 178 Å². The molecule has 0 aliphatic carbocycles. The van der Waals surface area contributed by atoms with E-state index in [2.05, 4.69) is 4.90 Å². The van der Waals surface area contributed by atoms with Crippen molar-refractivity contribution in [2.45, 2.75) is 12.7 Å². The molecule has 1 saturated heterocycles. The first-order chi connectivity index (χ1) is 14.8. The van der Waals surface area contributed by atoms with Gasteiger partial charge in [-0.3, -0.25) is 9.69 Å². The molecule has 1 amide bonds. The van der Waals surface area contributed by atoms with Crippen LogP contribution in [0.4, 0.5) is 13.2 Å². The van der Waals surface area contributed by atoms with E-state index >= 15 is 0 Å². The smallest absolute Gasteiger partial charge is 0.416 e. The van der Waals surface area contributed by atoms with Gasteiger partial charge in [0, 0.05) is 38.8 Å². The van der Waals surface area contributed by atoms with Crippen LogP contribution in [0, 0.1) is 11.3 Å². The van der Waals surface area contributed by atoms with Crippen molar-refractivity contribution in [2.24, 2.45) is 0 Å². The number of nitrogens with zero attached hydrogens (tertiary/aromatic N) is 3. The first-order valence-corrected chi connectivity index (χ1v) is 9.80. The zero-order valence-electron chi connectivity index (χ0n) is 16.8. The van der Waals surface area contributed by atoms with Crippen molar-refractivity contribution >= 4 is 12.0 Å². The molecule has 1 aliphatic rings. The van der Waals surface area contributed by atoms with E-state index in [-0.39, 0.29) is 12.5 Å². The van der Waals surface area contributed by atoms with Gasteiger partial charge in [-0.2, -0.15) is 18.4 Å². The zero-order chi connectivity index (χ0) is 22.3. The first-order valence-electron chi connectivity index (χ1n) is 9.80. The molecule has 1 heterocycles. The number of ether oxygens (including phenoxy) is 1. The van der Waals surface area contributed by atoms with Gasteiger partial charge in [0.2, 0.25) is 5.91 Å². The maximum absolute atomic E-state index is 12.7. The second-order valence-electron chi connectivity index (χ2n) is 7.15. The number of benzene rings is 2. The second-order valence-corrected chi connectivity index (χ2v) is 7.15. The summed E-state index contributed by atoms with van der Waals surface area (Å²) in [6, 6.07) is 14.2. The van der Waals surface area contributed by atoms with Gasteiger partial charge in [0.25, 0.3) is 0 Å². The molecule has 2 aromatic carbocycles. The average molecular weight is 429 g/mol. The molecule has 5 nitrogen and oxygen atoms in total. The Kier molecular flexibility index (Phi) is 7.32. The van der Waals surface area contributed by atoms with Gasteiger partial charge in [-0.15, -0.1) is 0 Å². The van der Waals surface area contributed by atoms with E-state index in [1.54, 1.807) is 35.2 Å². The predicted molar refractivity (Wildman–Crippen MR) is 110 cm³/mol. The lowest BCUT2D eigenvalue weighted by Gasteiger charge is -2.34. The van der Waals surface area contributed by atoms with E-state index in [0.29, 0.717) is 38.5 Å². The Balaban J connectivity index is 1.46. The largest absolute Gasteiger partial charge is 0.479 e. The first kappa shape index (κ1) is 22.4. The van der Waals surface area contributed by atoms with Crippen molar-refractivity contribution in [3.63, 3.8) is 0 Å². The Morgan fingerprint density at radius 1 is 1.03 bits per heavy atom. The molecule has 162 valence electrons. The third-order valence-electron chi connectivity index (χ3n) is 4.97. The number of hydrogen-bond donors (Lipinski definition) is 0. The summed E-state index contributed by atoms with van der Waals surface area (Å²) in [6.07, 6.45) is -1.08. The standard InChI is InChI=1S/C23H22F3N3O2/c24-23(25,26)20-6-1-19(2-7-20)17-28-12-14-29(15-13-28)22(30)10-5-18-3-8-21(9-4-18)31-16-11-27/h1-10H,12-17H2/b10-5+. The maximum atomic E-state index is 12.7. The molecule has 0 radical (unpaired) electrons. The van der Waals surface area contributed by atoms with Crippen LogP contribution in [-0.4, -0.2) is 48.5 Å². The van der Waals surface area contributed by atoms with E-state index < -0.39 is 11.7 Å². The van der Waals surface area contributed by atoms with E-state index in [9.17, 15) is 18.0 Å². The highest BCUT2D eigenvalue weighted by Gasteiger charge is 2.30. The Morgan fingerprint density at radius 2 is 1.68 bits per heavy atom. The normalized spacial score (nSPS) is 15.1. The van der Waals surface area contributed by atoms with Gasteiger partial charge in [0.05, 0.1) is 5.56 Å². The molecule has 31 heavy (non-hydrogen) atoms. The number of piperazine rings is 1. The van der Waals surface area contributed by atoms with E-state index in [1.165, 1.54) is 18.2 Å². The molecule has 1 fully saturated rings. The van der Waals surface area contributed by atoms with Crippen LogP contribution < -0.4 is 4.74 Å². The van der Waals surface area contributed by atoms with Crippen molar-refractivity contribution in [2.75, 3.05) is 32.8 Å². The van der Waals surface area contributed by atoms with Gasteiger partial charge in [-0.05, 0) is 41.5 Å². The molecule has 0 atom stereocenters. The van der Waals surface area contributed by atoms with Crippen LogP contribution in [0.2, 0.25) is 0 Å². The van der Waals surface area contributed by atoms with Crippen molar-refractivity contribution in [1.29, 1.82) is 5.26 Å². The molecule has 3 rings (SSSR count). The fraction of sp³-hybridized carbons (Fsp3) is 0.304. The predicted octanol–water partition coefficient (Wildman–Crippen LogP) is 3.97. The highest BCUT2D eigenvalue weighted by molar-refractivity contribution is 5.91. The topological polar surface area (TPSA) is 56.6 Å². The van der Waals surface area contributed by atoms with Gasteiger partial charge in [-0.1, -0.05) is 24.3 Å². The molecular formula is C23H22F3N3O2. The maximum Gasteiger partial charge on any atom is 0.416 e. The quantitative estimate of drug-likeness (QED) is 0.653. The molecule has 0 unspecified atom stereocenters. The summed E-state index contributed by atoms with van der Waals surface area (Å²) < 4.78 is 43.2. The minimum atomic E-state index is -4.33. The molecule has 0 saturated carbocycles. The highest BCUT2D eigenvalue weighted by atomic mass is 19.4. The Hall–Kier alpha value is -3.31. The van der Waals surface area contributed by atoms with Crippen molar-refractivity contribution in [1.82, 2.24) is 9.80 Å². The van der Waals surface area contributed by atoms with Crippen molar-refractivity contribution in [3.8, 4) is 11.8 Å². The fourth-order valence-electron chi connectivity index (χ4n) is 3.25. The number of hydrogen-bond acceptors (Lipinski definition) is 4. The molecular weight excluding hydrogens is 407 g/mol. The number of alkyl halides is 3. The molecule has 0 aromatic heterocycles. The zero-order valence-corrected chi connectivity index (χ0v) is 16.8. The number of halogens is 3. The number of rotatable bonds is 6. The summed E-state index contributed by atoms with van der Waals surface area (Å²) in [7, 11) is 0. The Bertz CT molecular complexity index is 940. The lowest BCUT2D eigenvalue weighted by Crippen LogP contribution is -2.47. The van der Waals surface area contributed by atoms with Gasteiger partial charge in [-0.25, -0.2) is 0 Å². The van der Waals surface area contributed by atoms with Gasteiger partial charge < -0.3 is 9.64 Å². The van der Waals surface area contributed by atoms with E-state index in [4.69, 9.17) is 10.00 Å². The van der Waals surface area contributed by atoms with Gasteiger partial charge >= 0.3 is 6.18 Å². The molecule has 0 N–H and O–H groups in total. The highest BCUT2D eigenvalue weighted by Crippen LogP contribution is 2.29. The van der Waals surface area contributed by atoms with Crippen molar-refractivity contribution in [3.05, 3.63) is 71.3 Å². The number of carbonyl (C=O) groups excluding carboxylic acids is 1. The summed E-state index contributed by atoms with van der Waals surface area (Å²) in [5.41, 5.74) is 1.01. The van der Waals surface area contributed by atoms with Crippen LogP contribution in [0.5, 0.6) is 5.75 Å². The van der Waals surface area contributed by atoms with Crippen LogP contribution >= 0.6 is 0 Å². The second kappa shape index (κ2) is 10.1. The van der Waals surface area contributed by atoms with Crippen LogP contribution in [0.25, 0.3) is 6.08 Å². The summed E-state index contributed by atoms with van der Waals surface area (Å²) in [4.78, 5) is 16.3. The average Bonchev–Trinajstić information content (AvgIpc) is 2.77. The third-order valence-corrected chi connectivity index (χ3v) is 4.97. The van der Waals surface area contributed by atoms with Crippen LogP contribution in [0.3, 0.4) is 0 Å². The summed E-state index contributed by atoms with van der Waals surface area (Å²) >= 11 is 0. The molecule has 2 aromatic rings. The van der Waals surface area contributed by atoms with Gasteiger partial charge in [0.1, 0.15) is 11.8 Å². The third kappa shape index (κ3) is 6.59. The molecule has 8 heteroatoms. The minimum absolute atomic E-state index is 0.0154. The van der Waals surface area contributed by atoms with Crippen LogP contribution in [0.1, 0.15) is 16.7 Å². The molecule has 0 bridgehead atoms. The minimum Gasteiger partial charge on any atom is -0.479 e. The lowest BCUT2D eigenvalue weighted by molar-refractivity contribution is -0.137. The van der Waals surface area contributed by atoms with Crippen LogP contribution in [0.15, 0.2) is 54.6 Å². The SMILES string of the molecule is N#CCOc1ccc(/C=C/C(=O)N2CCN(Cc3ccc(C(F)(F)F)cc3)CC2)cc1. The molecule has 0 spiro atoms. The Morgan fingerprint density at radius 3 is 2.26 bits per heavy atom. The number of nitriles is 1. The van der Waals surface area contributed by atoms with Gasteiger partial charge in [0.15, 0.2) is 6.61 Å². The number of amides is 1. The summed E-state index contributed by atoms with van der Waals surface area (Å²) in [6.45, 7) is 2.97. The lowest BCUT2D eigenvalue weighted by atomic mass is 10.1. The monoisotopic (exact) mass is 429 g/mol. The van der Waals surface area contributed by atoms with Crippen LogP contribution in [-0.2, 0) is 17.5 Å². The molecule has 1 aliphatic heterocycles. The fourth-order valence-corrected chi connectivity index (χ4v) is 3.25. The summed E-state index contributed by atoms with van der Waals surface area (Å²) in [5, 5.41) is 8.51. The van der Waals surface area contributed by atoms with E-state index in [1.807, 2.05) is 6.07 Å². The van der Waals surface area contributed by atoms with Crippen molar-refractivity contribution < 1.29 is 22.7 Å². The van der Waals surface area contributed by atoms with E-state index in [0.717, 1.165) is 23.3 Å². The number of carbonyl (C=O) groups is 1. The summed E-state index contributed by atoms with van der Waals surface area (Å²) in [5.74, 6) is 0.508.